The second kappa shape index (κ2) is 16.4. The lowest BCUT2D eigenvalue weighted by Gasteiger charge is -2.34. The van der Waals surface area contributed by atoms with Crippen molar-refractivity contribution < 1.29 is 0 Å². The first kappa shape index (κ1) is 40.7. The molecular formula is C67H45N4+. The van der Waals surface area contributed by atoms with Gasteiger partial charge in [0.05, 0.1) is 16.4 Å². The van der Waals surface area contributed by atoms with Gasteiger partial charge in [-0.2, -0.15) is 9.13 Å². The normalized spacial score (nSPS) is 12.6. The van der Waals surface area contributed by atoms with Gasteiger partial charge in [0, 0.05) is 35.2 Å². The van der Waals surface area contributed by atoms with E-state index in [1.165, 1.54) is 72.0 Å². The van der Waals surface area contributed by atoms with Gasteiger partial charge in [-0.15, -0.1) is 0 Å². The van der Waals surface area contributed by atoms with Gasteiger partial charge in [-0.05, 0) is 109 Å². The molecule has 4 nitrogen and oxygen atoms in total. The number of nitrogens with zero attached hydrogens (tertiary/aromatic N) is 4. The van der Waals surface area contributed by atoms with E-state index in [9.17, 15) is 0 Å². The van der Waals surface area contributed by atoms with Crippen LogP contribution in [0.25, 0.3) is 94.5 Å². The molecule has 0 fully saturated rings. The Morgan fingerprint density at radius 3 is 1.52 bits per heavy atom. The monoisotopic (exact) mass is 905 g/mol. The zero-order valence-corrected chi connectivity index (χ0v) is 38.8. The van der Waals surface area contributed by atoms with Crippen LogP contribution in [0.1, 0.15) is 22.3 Å². The van der Waals surface area contributed by atoms with E-state index in [1.54, 1.807) is 0 Å². The van der Waals surface area contributed by atoms with Gasteiger partial charge < -0.3 is 0 Å². The molecule has 0 radical (unpaired) electrons. The number of hydrogen-bond acceptors (Lipinski definition) is 1. The molecule has 0 N–H and O–H groups in total. The predicted octanol–water partition coefficient (Wildman–Crippen LogP) is 16.6. The van der Waals surface area contributed by atoms with Gasteiger partial charge in [0.2, 0.25) is 0 Å². The van der Waals surface area contributed by atoms with E-state index in [4.69, 9.17) is 4.98 Å². The molecular weight excluding hydrogens is 861 g/mol. The van der Waals surface area contributed by atoms with Gasteiger partial charge in [0.25, 0.3) is 0 Å². The van der Waals surface area contributed by atoms with Gasteiger partial charge in [-0.3, -0.25) is 4.57 Å². The number of benzene rings is 10. The Hall–Kier alpha value is -9.38. The smallest absolute Gasteiger partial charge is 0.168 e. The maximum atomic E-state index is 5.24. The van der Waals surface area contributed by atoms with Crippen molar-refractivity contribution in [2.24, 2.45) is 0 Å². The zero-order valence-electron chi connectivity index (χ0n) is 38.8. The largest absolute Gasteiger partial charge is 0.294 e. The number of hydrogen-bond donors (Lipinski definition) is 0. The van der Waals surface area contributed by atoms with Crippen molar-refractivity contribution in [2.45, 2.75) is 5.41 Å². The first-order chi connectivity index (χ1) is 35.2. The molecule has 0 saturated carbocycles. The molecule has 1 aliphatic rings. The number of para-hydroxylation sites is 4. The third-order valence-corrected chi connectivity index (χ3v) is 14.8. The number of pyridine rings is 1. The summed E-state index contributed by atoms with van der Waals surface area (Å²) in [5.74, 6) is 0.863. The van der Waals surface area contributed by atoms with Crippen molar-refractivity contribution in [1.29, 1.82) is 0 Å². The summed E-state index contributed by atoms with van der Waals surface area (Å²) in [7, 11) is 0. The molecule has 14 rings (SSSR count). The Balaban J connectivity index is 1.01. The predicted molar refractivity (Wildman–Crippen MR) is 293 cm³/mol. The van der Waals surface area contributed by atoms with E-state index < -0.39 is 5.41 Å². The summed E-state index contributed by atoms with van der Waals surface area (Å²) in [6, 6.07) is 95.1. The third kappa shape index (κ3) is 6.32. The molecule has 0 atom stereocenters. The van der Waals surface area contributed by atoms with E-state index in [0.29, 0.717) is 0 Å². The Kier molecular flexibility index (Phi) is 9.39. The summed E-state index contributed by atoms with van der Waals surface area (Å²) >= 11 is 0. The van der Waals surface area contributed by atoms with Crippen LogP contribution in [-0.4, -0.2) is 18.7 Å². The highest BCUT2D eigenvalue weighted by atomic mass is 15.1. The molecule has 0 unspecified atom stereocenters. The van der Waals surface area contributed by atoms with Crippen LogP contribution in [0.5, 0.6) is 0 Å². The van der Waals surface area contributed by atoms with E-state index in [1.807, 2.05) is 6.20 Å². The molecule has 0 bridgehead atoms. The lowest BCUT2D eigenvalue weighted by Crippen LogP contribution is -2.28. The molecule has 332 valence electrons. The van der Waals surface area contributed by atoms with Gasteiger partial charge >= 0.3 is 0 Å². The van der Waals surface area contributed by atoms with Gasteiger partial charge in [0.15, 0.2) is 17.4 Å². The van der Waals surface area contributed by atoms with Crippen molar-refractivity contribution in [1.82, 2.24) is 18.7 Å². The van der Waals surface area contributed by atoms with E-state index in [2.05, 4.69) is 281 Å². The van der Waals surface area contributed by atoms with E-state index in [0.717, 1.165) is 44.8 Å². The lowest BCUT2D eigenvalue weighted by molar-refractivity contribution is 0.767. The highest BCUT2D eigenvalue weighted by molar-refractivity contribution is 6.10. The van der Waals surface area contributed by atoms with Crippen molar-refractivity contribution in [3.8, 4) is 61.7 Å². The molecule has 0 saturated heterocycles. The minimum Gasteiger partial charge on any atom is -0.294 e. The first-order valence-electron chi connectivity index (χ1n) is 24.4. The standard InChI is InChI=1S/C67H45N4/c1-4-20-46(21-5-1)53-31-19-32-54(47-22-6-2-7-23-47)66(53)48-40-41-68-65(42-48)71-61-35-15-12-30-57(61)58-39-38-50(44-64(58)71)67(59-33-13-10-28-55(59)56-29-11-14-34-60(56)67)49-24-18-27-52(43-49)70-45-69(51-25-8-3-9-26-51)62-36-16-17-37-63(62)70/h1-45H/q+1. The third-order valence-electron chi connectivity index (χ3n) is 14.8. The second-order valence-electron chi connectivity index (χ2n) is 18.5. The SMILES string of the molecule is c1ccc(-c2cccc(-c3ccccc3)c2-c2ccnc(-n3c4ccccc4c4ccc(C5(c6cccc(-n7[cH+]n(-c8ccccc8)c8ccccc87)c6)c6ccccc6-c6ccccc65)cc43)c2)cc1. The highest BCUT2D eigenvalue weighted by Gasteiger charge is 2.46. The summed E-state index contributed by atoms with van der Waals surface area (Å²) < 4.78 is 7.01. The van der Waals surface area contributed by atoms with Crippen molar-refractivity contribution in [2.75, 3.05) is 0 Å². The van der Waals surface area contributed by atoms with Gasteiger partial charge in [-0.1, -0.05) is 200 Å². The summed E-state index contributed by atoms with van der Waals surface area (Å²) in [4.78, 5) is 5.24. The molecule has 0 spiro atoms. The average molecular weight is 906 g/mol. The number of aromatic nitrogens is 4. The van der Waals surface area contributed by atoms with Crippen LogP contribution in [0, 0.1) is 0 Å². The molecule has 3 heterocycles. The topological polar surface area (TPSA) is 27.7 Å². The molecule has 0 amide bonds. The Morgan fingerprint density at radius 2 is 0.845 bits per heavy atom. The molecule has 0 aliphatic heterocycles. The minimum atomic E-state index is -0.661. The van der Waals surface area contributed by atoms with Crippen LogP contribution in [0.3, 0.4) is 0 Å². The molecule has 71 heavy (non-hydrogen) atoms. The van der Waals surface area contributed by atoms with Crippen molar-refractivity contribution in [3.05, 3.63) is 296 Å². The van der Waals surface area contributed by atoms with Crippen LogP contribution in [0.4, 0.5) is 0 Å². The number of rotatable bonds is 8. The molecule has 4 heteroatoms. The van der Waals surface area contributed by atoms with E-state index in [-0.39, 0.29) is 0 Å². The fourth-order valence-corrected chi connectivity index (χ4v) is 11.8. The zero-order chi connectivity index (χ0) is 46.9. The van der Waals surface area contributed by atoms with Crippen LogP contribution in [-0.2, 0) is 5.41 Å². The number of imidazole rings is 1. The maximum Gasteiger partial charge on any atom is 0.168 e. The maximum absolute atomic E-state index is 5.24. The highest BCUT2D eigenvalue weighted by Crippen LogP contribution is 2.57. The van der Waals surface area contributed by atoms with Gasteiger partial charge in [0.1, 0.15) is 17.2 Å². The minimum absolute atomic E-state index is 0.661. The van der Waals surface area contributed by atoms with Crippen LogP contribution >= 0.6 is 0 Å². The Bertz CT molecular complexity index is 4060. The second-order valence-corrected chi connectivity index (χ2v) is 18.5. The summed E-state index contributed by atoms with van der Waals surface area (Å²) in [6.07, 6.45) is 4.21. The molecule has 13 aromatic rings. The molecule has 3 aromatic heterocycles. The average Bonchev–Trinajstić information content (AvgIpc) is 4.11. The quantitative estimate of drug-likeness (QED) is 0.140. The molecule has 1 aliphatic carbocycles. The fourth-order valence-electron chi connectivity index (χ4n) is 11.8. The van der Waals surface area contributed by atoms with E-state index >= 15 is 0 Å². The summed E-state index contributed by atoms with van der Waals surface area (Å²) in [6.45, 7) is 0. The van der Waals surface area contributed by atoms with Crippen LogP contribution in [0.15, 0.2) is 273 Å². The van der Waals surface area contributed by atoms with Crippen LogP contribution < -0.4 is 0 Å². The Labute approximate surface area is 412 Å². The van der Waals surface area contributed by atoms with Crippen molar-refractivity contribution in [3.63, 3.8) is 0 Å². The first-order valence-corrected chi connectivity index (χ1v) is 24.4. The van der Waals surface area contributed by atoms with Crippen LogP contribution in [0.2, 0.25) is 0 Å². The summed E-state index contributed by atoms with van der Waals surface area (Å²) in [5, 5.41) is 2.37. The lowest BCUT2D eigenvalue weighted by atomic mass is 9.67. The summed E-state index contributed by atoms with van der Waals surface area (Å²) in [5.41, 5.74) is 20.5. The van der Waals surface area contributed by atoms with Crippen molar-refractivity contribution >= 4 is 32.8 Å². The number of fused-ring (bicyclic) bond motifs is 7. The van der Waals surface area contributed by atoms with Gasteiger partial charge in [-0.25, -0.2) is 4.98 Å². The fraction of sp³-hybridized carbons (Fsp3) is 0.0149. The molecule has 10 aromatic carbocycles. The Morgan fingerprint density at radius 1 is 0.338 bits per heavy atom.